The van der Waals surface area contributed by atoms with Crippen LogP contribution in [0.2, 0.25) is 0 Å². The second-order valence-electron chi connectivity index (χ2n) is 7.04. The maximum Gasteiger partial charge on any atom is 0.253 e. The molecule has 1 saturated heterocycles. The molecule has 0 spiro atoms. The van der Waals surface area contributed by atoms with Crippen molar-refractivity contribution in [2.75, 3.05) is 26.2 Å². The predicted octanol–water partition coefficient (Wildman–Crippen LogP) is 2.23. The molecular formula is C22H25N3O3. The van der Waals surface area contributed by atoms with Crippen molar-refractivity contribution < 1.29 is 14.4 Å². The van der Waals surface area contributed by atoms with E-state index in [1.54, 1.807) is 41.0 Å². The minimum atomic E-state index is -0.172. The van der Waals surface area contributed by atoms with Crippen LogP contribution in [0, 0.1) is 6.92 Å². The average molecular weight is 379 g/mol. The molecule has 3 rings (SSSR count). The molecule has 2 aromatic rings. The first kappa shape index (κ1) is 19.6. The maximum absolute atomic E-state index is 12.6. The summed E-state index contributed by atoms with van der Waals surface area (Å²) >= 11 is 0. The van der Waals surface area contributed by atoms with Crippen LogP contribution in [0.1, 0.15) is 38.8 Å². The van der Waals surface area contributed by atoms with Gasteiger partial charge in [0.05, 0.1) is 0 Å². The lowest BCUT2D eigenvalue weighted by Gasteiger charge is -2.34. The third kappa shape index (κ3) is 4.76. The van der Waals surface area contributed by atoms with Gasteiger partial charge >= 0.3 is 0 Å². The van der Waals surface area contributed by atoms with Gasteiger partial charge in [0.15, 0.2) is 0 Å². The maximum atomic E-state index is 12.6. The minimum Gasteiger partial charge on any atom is -0.348 e. The van der Waals surface area contributed by atoms with Crippen molar-refractivity contribution in [1.82, 2.24) is 15.1 Å². The number of piperazine rings is 1. The lowest BCUT2D eigenvalue weighted by atomic mass is 10.1. The van der Waals surface area contributed by atoms with Gasteiger partial charge < -0.3 is 15.1 Å². The molecule has 1 aliphatic rings. The van der Waals surface area contributed by atoms with E-state index in [0.29, 0.717) is 43.9 Å². The summed E-state index contributed by atoms with van der Waals surface area (Å²) in [6.07, 6.45) is 0. The van der Waals surface area contributed by atoms with Gasteiger partial charge in [-0.05, 0) is 36.8 Å². The Labute approximate surface area is 165 Å². The highest BCUT2D eigenvalue weighted by molar-refractivity contribution is 5.97. The van der Waals surface area contributed by atoms with Crippen LogP contribution in [-0.2, 0) is 11.3 Å². The predicted molar refractivity (Wildman–Crippen MR) is 107 cm³/mol. The zero-order valence-electron chi connectivity index (χ0n) is 16.3. The molecule has 0 bridgehead atoms. The SMILES string of the molecule is CC(=O)N1CCN(C(=O)c2ccc(C(=O)NCc3ccc(C)cc3)cc2)CC1. The first-order valence-electron chi connectivity index (χ1n) is 9.42. The quantitative estimate of drug-likeness (QED) is 0.886. The van der Waals surface area contributed by atoms with E-state index in [0.717, 1.165) is 5.56 Å². The van der Waals surface area contributed by atoms with Crippen LogP contribution in [0.3, 0.4) is 0 Å². The van der Waals surface area contributed by atoms with Gasteiger partial charge in [0.1, 0.15) is 0 Å². The van der Waals surface area contributed by atoms with Gasteiger partial charge in [-0.1, -0.05) is 29.8 Å². The Bertz CT molecular complexity index is 852. The highest BCUT2D eigenvalue weighted by Gasteiger charge is 2.23. The standard InChI is InChI=1S/C22H25N3O3/c1-16-3-5-18(6-4-16)15-23-21(27)19-7-9-20(10-8-19)22(28)25-13-11-24(12-14-25)17(2)26/h3-10H,11-15H2,1-2H3,(H,23,27). The largest absolute Gasteiger partial charge is 0.348 e. The molecule has 3 amide bonds. The van der Waals surface area contributed by atoms with Crippen LogP contribution in [0.5, 0.6) is 0 Å². The van der Waals surface area contributed by atoms with E-state index < -0.39 is 0 Å². The van der Waals surface area contributed by atoms with Crippen molar-refractivity contribution in [2.24, 2.45) is 0 Å². The molecule has 1 N–H and O–H groups in total. The van der Waals surface area contributed by atoms with Crippen LogP contribution in [0.25, 0.3) is 0 Å². The zero-order chi connectivity index (χ0) is 20.1. The summed E-state index contributed by atoms with van der Waals surface area (Å²) in [6.45, 7) is 6.18. The Balaban J connectivity index is 1.55. The van der Waals surface area contributed by atoms with Crippen molar-refractivity contribution in [1.29, 1.82) is 0 Å². The van der Waals surface area contributed by atoms with Crippen molar-refractivity contribution in [3.63, 3.8) is 0 Å². The molecule has 0 aromatic heterocycles. The Morgan fingerprint density at radius 3 is 1.93 bits per heavy atom. The number of hydrogen-bond donors (Lipinski definition) is 1. The molecule has 0 radical (unpaired) electrons. The second-order valence-corrected chi connectivity index (χ2v) is 7.04. The number of rotatable bonds is 4. The first-order valence-corrected chi connectivity index (χ1v) is 9.42. The fourth-order valence-electron chi connectivity index (χ4n) is 3.16. The van der Waals surface area contributed by atoms with Gasteiger partial charge in [0, 0.05) is 50.8 Å². The van der Waals surface area contributed by atoms with Crippen LogP contribution >= 0.6 is 0 Å². The Morgan fingerprint density at radius 2 is 1.36 bits per heavy atom. The summed E-state index contributed by atoms with van der Waals surface area (Å²) < 4.78 is 0. The number of nitrogens with one attached hydrogen (secondary N) is 1. The fourth-order valence-corrected chi connectivity index (χ4v) is 3.16. The molecule has 2 aromatic carbocycles. The summed E-state index contributed by atoms with van der Waals surface area (Å²) in [6, 6.07) is 14.7. The van der Waals surface area contributed by atoms with Gasteiger partial charge in [-0.25, -0.2) is 0 Å². The molecular weight excluding hydrogens is 354 g/mol. The Kier molecular flexibility index (Phi) is 6.09. The Morgan fingerprint density at radius 1 is 0.821 bits per heavy atom. The van der Waals surface area contributed by atoms with E-state index in [1.807, 2.05) is 31.2 Å². The van der Waals surface area contributed by atoms with Crippen molar-refractivity contribution in [3.05, 3.63) is 70.8 Å². The monoisotopic (exact) mass is 379 g/mol. The van der Waals surface area contributed by atoms with E-state index in [-0.39, 0.29) is 17.7 Å². The molecule has 0 saturated carbocycles. The highest BCUT2D eigenvalue weighted by Crippen LogP contribution is 2.11. The van der Waals surface area contributed by atoms with E-state index in [2.05, 4.69) is 5.32 Å². The molecule has 0 atom stereocenters. The van der Waals surface area contributed by atoms with Crippen LogP contribution in [-0.4, -0.2) is 53.7 Å². The smallest absolute Gasteiger partial charge is 0.253 e. The molecule has 1 heterocycles. The highest BCUT2D eigenvalue weighted by atomic mass is 16.2. The topological polar surface area (TPSA) is 69.7 Å². The van der Waals surface area contributed by atoms with Crippen LogP contribution in [0.15, 0.2) is 48.5 Å². The molecule has 0 unspecified atom stereocenters. The van der Waals surface area contributed by atoms with Crippen molar-refractivity contribution in [3.8, 4) is 0 Å². The average Bonchev–Trinajstić information content (AvgIpc) is 2.73. The first-order chi connectivity index (χ1) is 13.4. The number of carbonyl (C=O) groups excluding carboxylic acids is 3. The summed E-state index contributed by atoms with van der Waals surface area (Å²) in [7, 11) is 0. The van der Waals surface area contributed by atoms with E-state index in [4.69, 9.17) is 0 Å². The molecule has 6 nitrogen and oxygen atoms in total. The van der Waals surface area contributed by atoms with Crippen LogP contribution in [0.4, 0.5) is 0 Å². The molecule has 28 heavy (non-hydrogen) atoms. The second kappa shape index (κ2) is 8.69. The number of aryl methyl sites for hydroxylation is 1. The Hall–Kier alpha value is -3.15. The van der Waals surface area contributed by atoms with E-state index in [1.165, 1.54) is 5.56 Å². The molecule has 6 heteroatoms. The molecule has 0 aliphatic carbocycles. The third-order valence-corrected chi connectivity index (χ3v) is 4.98. The van der Waals surface area contributed by atoms with Gasteiger partial charge in [0.25, 0.3) is 11.8 Å². The van der Waals surface area contributed by atoms with Gasteiger partial charge in [-0.3, -0.25) is 14.4 Å². The number of benzene rings is 2. The number of nitrogens with zero attached hydrogens (tertiary/aromatic N) is 2. The molecule has 1 aliphatic heterocycles. The van der Waals surface area contributed by atoms with Gasteiger partial charge in [0.2, 0.25) is 5.91 Å². The van der Waals surface area contributed by atoms with E-state index in [9.17, 15) is 14.4 Å². The summed E-state index contributed by atoms with van der Waals surface area (Å²) in [5.74, 6) is -0.211. The number of carbonyl (C=O) groups is 3. The van der Waals surface area contributed by atoms with Crippen LogP contribution < -0.4 is 5.32 Å². The van der Waals surface area contributed by atoms with Crippen molar-refractivity contribution >= 4 is 17.7 Å². The summed E-state index contributed by atoms with van der Waals surface area (Å²) in [4.78, 5) is 39.8. The van der Waals surface area contributed by atoms with Gasteiger partial charge in [-0.2, -0.15) is 0 Å². The molecule has 1 fully saturated rings. The fraction of sp³-hybridized carbons (Fsp3) is 0.318. The van der Waals surface area contributed by atoms with E-state index >= 15 is 0 Å². The summed E-state index contributed by atoms with van der Waals surface area (Å²) in [5.41, 5.74) is 3.28. The lowest BCUT2D eigenvalue weighted by Crippen LogP contribution is -2.50. The van der Waals surface area contributed by atoms with Gasteiger partial charge in [-0.15, -0.1) is 0 Å². The third-order valence-electron chi connectivity index (χ3n) is 4.98. The summed E-state index contributed by atoms with van der Waals surface area (Å²) in [5, 5.41) is 2.89. The number of hydrogen-bond acceptors (Lipinski definition) is 3. The lowest BCUT2D eigenvalue weighted by molar-refractivity contribution is -0.130. The number of amides is 3. The van der Waals surface area contributed by atoms with Crippen molar-refractivity contribution in [2.45, 2.75) is 20.4 Å². The molecule has 146 valence electrons. The zero-order valence-corrected chi connectivity index (χ0v) is 16.3. The normalized spacial score (nSPS) is 13.9. The minimum absolute atomic E-state index is 0.0353.